The quantitative estimate of drug-likeness (QED) is 0.470. The first kappa shape index (κ1) is 28.3. The molecule has 0 aromatic carbocycles. The molecule has 8 nitrogen and oxygen atoms in total. The van der Waals surface area contributed by atoms with E-state index < -0.39 is 0 Å². The van der Waals surface area contributed by atoms with E-state index in [2.05, 4.69) is 58.6 Å². The number of alkyl halides is 1. The minimum atomic E-state index is -0.206. The summed E-state index contributed by atoms with van der Waals surface area (Å²) in [7, 11) is 0. The molecule has 0 amide bonds. The first-order chi connectivity index (χ1) is 13.6. The van der Waals surface area contributed by atoms with Crippen molar-refractivity contribution < 1.29 is 28.5 Å². The number of nitrogens with zero attached hydrogens (tertiary/aromatic N) is 1. The number of halogens is 1. The van der Waals surface area contributed by atoms with E-state index in [1.54, 1.807) is 6.92 Å². The van der Waals surface area contributed by atoms with E-state index in [0.29, 0.717) is 38.3 Å². The number of carbonyl (C=O) groups is 2. The second-order valence-corrected chi connectivity index (χ2v) is 8.45. The van der Waals surface area contributed by atoms with E-state index in [-0.39, 0.29) is 23.0 Å². The Morgan fingerprint density at radius 3 is 1.97 bits per heavy atom. The zero-order chi connectivity index (χ0) is 22.3. The molecule has 0 saturated carbocycles. The van der Waals surface area contributed by atoms with Crippen LogP contribution in [0.2, 0.25) is 0 Å². The molecule has 2 fully saturated rings. The molecule has 0 bridgehead atoms. The summed E-state index contributed by atoms with van der Waals surface area (Å²) in [5.41, 5.74) is 0.142. The number of carbonyl (C=O) groups excluding carboxylic acids is 2. The van der Waals surface area contributed by atoms with Crippen LogP contribution in [0.1, 0.15) is 41.5 Å². The van der Waals surface area contributed by atoms with Crippen LogP contribution in [0.15, 0.2) is 0 Å². The molecule has 2 heterocycles. The Morgan fingerprint density at radius 1 is 1.00 bits per heavy atom. The molecule has 0 spiro atoms. The summed E-state index contributed by atoms with van der Waals surface area (Å²) in [4.78, 5) is 23.5. The molecule has 9 heteroatoms. The number of nitrogens with one attached hydrogen (secondary N) is 1. The summed E-state index contributed by atoms with van der Waals surface area (Å²) >= 11 is 2.94. The van der Waals surface area contributed by atoms with Gasteiger partial charge >= 0.3 is 11.9 Å². The lowest BCUT2D eigenvalue weighted by Gasteiger charge is -2.41. The average Bonchev–Trinajstić information content (AvgIpc) is 2.65. The molecule has 172 valence electrons. The Labute approximate surface area is 184 Å². The third-order valence-corrected chi connectivity index (χ3v) is 4.63. The number of ether oxygens (including phenoxy) is 4. The van der Waals surface area contributed by atoms with Crippen LogP contribution in [0.4, 0.5) is 0 Å². The fourth-order valence-corrected chi connectivity index (χ4v) is 2.75. The van der Waals surface area contributed by atoms with Crippen LogP contribution in [0, 0.1) is 0 Å². The Balaban J connectivity index is 0.000000444. The standard InChI is InChI=1S/C10H19NO3.C6H13NO.C4H7BrO2/c1-4-14-9(12)7-11-5-6-13-8-10(11,2)3;1-6(2)5-8-4-3-7-6;1-2-7-4(6)3-5/h4-8H2,1-3H3;7H,3-5H2,1-2H3;2-3H2,1H3. The van der Waals surface area contributed by atoms with Gasteiger partial charge in [-0.25, -0.2) is 0 Å². The monoisotopic (exact) mass is 482 g/mol. The topological polar surface area (TPSA) is 86.3 Å². The van der Waals surface area contributed by atoms with Gasteiger partial charge in [0, 0.05) is 24.2 Å². The second kappa shape index (κ2) is 15.1. The van der Waals surface area contributed by atoms with Gasteiger partial charge < -0.3 is 24.3 Å². The summed E-state index contributed by atoms with van der Waals surface area (Å²) in [5, 5.41) is 3.63. The van der Waals surface area contributed by atoms with Gasteiger partial charge in [0.25, 0.3) is 0 Å². The van der Waals surface area contributed by atoms with Crippen LogP contribution in [0.3, 0.4) is 0 Å². The van der Waals surface area contributed by atoms with Crippen molar-refractivity contribution in [3.63, 3.8) is 0 Å². The highest BCUT2D eigenvalue weighted by atomic mass is 79.9. The number of esters is 2. The largest absolute Gasteiger partial charge is 0.465 e. The Kier molecular flexibility index (Phi) is 14.7. The predicted molar refractivity (Wildman–Crippen MR) is 116 cm³/mol. The molecule has 0 atom stereocenters. The van der Waals surface area contributed by atoms with E-state index in [9.17, 15) is 9.59 Å². The van der Waals surface area contributed by atoms with Crippen molar-refractivity contribution in [1.29, 1.82) is 0 Å². The number of hydrogen-bond acceptors (Lipinski definition) is 8. The van der Waals surface area contributed by atoms with E-state index in [1.807, 2.05) is 6.92 Å². The summed E-state index contributed by atoms with van der Waals surface area (Å²) in [6, 6.07) is 0. The fraction of sp³-hybridized carbons (Fsp3) is 0.900. The van der Waals surface area contributed by atoms with Crippen molar-refractivity contribution in [2.24, 2.45) is 0 Å². The van der Waals surface area contributed by atoms with Gasteiger partial charge in [-0.3, -0.25) is 14.5 Å². The van der Waals surface area contributed by atoms with Crippen molar-refractivity contribution in [2.75, 3.05) is 64.6 Å². The first-order valence-corrected chi connectivity index (χ1v) is 11.2. The highest BCUT2D eigenvalue weighted by Gasteiger charge is 2.31. The van der Waals surface area contributed by atoms with Gasteiger partial charge in [-0.1, -0.05) is 15.9 Å². The smallest absolute Gasteiger partial charge is 0.320 e. The summed E-state index contributed by atoms with van der Waals surface area (Å²) < 4.78 is 20.0. The highest BCUT2D eigenvalue weighted by Crippen LogP contribution is 2.18. The van der Waals surface area contributed by atoms with Crippen molar-refractivity contribution in [1.82, 2.24) is 10.2 Å². The normalized spacial score (nSPS) is 20.2. The van der Waals surface area contributed by atoms with Gasteiger partial charge in [0.2, 0.25) is 0 Å². The molecule has 0 radical (unpaired) electrons. The summed E-state index contributed by atoms with van der Waals surface area (Å²) in [6.07, 6.45) is 0. The van der Waals surface area contributed by atoms with Crippen LogP contribution in [-0.2, 0) is 28.5 Å². The maximum atomic E-state index is 11.3. The Morgan fingerprint density at radius 2 is 1.59 bits per heavy atom. The first-order valence-electron chi connectivity index (χ1n) is 10.1. The van der Waals surface area contributed by atoms with Gasteiger partial charge in [0.05, 0.1) is 46.2 Å². The average molecular weight is 483 g/mol. The van der Waals surface area contributed by atoms with Crippen LogP contribution in [0.25, 0.3) is 0 Å². The van der Waals surface area contributed by atoms with Gasteiger partial charge in [0.15, 0.2) is 0 Å². The molecule has 0 aliphatic carbocycles. The molecule has 0 aromatic rings. The van der Waals surface area contributed by atoms with E-state index in [1.165, 1.54) is 0 Å². The number of rotatable bonds is 5. The second-order valence-electron chi connectivity index (χ2n) is 7.89. The van der Waals surface area contributed by atoms with Crippen molar-refractivity contribution in [3.05, 3.63) is 0 Å². The van der Waals surface area contributed by atoms with Gasteiger partial charge in [-0.15, -0.1) is 0 Å². The zero-order valence-electron chi connectivity index (χ0n) is 18.8. The van der Waals surface area contributed by atoms with Crippen molar-refractivity contribution in [2.45, 2.75) is 52.6 Å². The van der Waals surface area contributed by atoms with Crippen molar-refractivity contribution in [3.8, 4) is 0 Å². The molecule has 2 aliphatic heterocycles. The molecular formula is C20H39BrN2O6. The third-order valence-electron chi connectivity index (χ3n) is 4.17. The Bertz CT molecular complexity index is 466. The van der Waals surface area contributed by atoms with Crippen LogP contribution in [-0.4, -0.2) is 92.5 Å². The third kappa shape index (κ3) is 14.0. The lowest BCUT2D eigenvalue weighted by Crippen LogP contribution is -2.54. The SMILES string of the molecule is CC1(C)COCCN1.CCOC(=O)CBr.CCOC(=O)CN1CCOCC1(C)C. The summed E-state index contributed by atoms with van der Waals surface area (Å²) in [6.45, 7) is 18.2. The van der Waals surface area contributed by atoms with Crippen LogP contribution >= 0.6 is 15.9 Å². The number of hydrogen-bond donors (Lipinski definition) is 1. The van der Waals surface area contributed by atoms with E-state index in [4.69, 9.17) is 14.2 Å². The van der Waals surface area contributed by atoms with Gasteiger partial charge in [0.1, 0.15) is 5.33 Å². The van der Waals surface area contributed by atoms with Gasteiger partial charge in [-0.2, -0.15) is 0 Å². The van der Waals surface area contributed by atoms with Crippen LogP contribution < -0.4 is 5.32 Å². The molecule has 0 unspecified atom stereocenters. The summed E-state index contributed by atoms with van der Waals surface area (Å²) in [5.74, 6) is -0.357. The van der Waals surface area contributed by atoms with Gasteiger partial charge in [-0.05, 0) is 41.5 Å². The maximum Gasteiger partial charge on any atom is 0.320 e. The van der Waals surface area contributed by atoms with Crippen LogP contribution in [0.5, 0.6) is 0 Å². The molecule has 0 aromatic heterocycles. The molecule has 1 N–H and O–H groups in total. The molecule has 2 aliphatic rings. The van der Waals surface area contributed by atoms with E-state index in [0.717, 1.165) is 26.3 Å². The zero-order valence-corrected chi connectivity index (χ0v) is 20.4. The van der Waals surface area contributed by atoms with E-state index >= 15 is 0 Å². The maximum absolute atomic E-state index is 11.3. The molecule has 2 rings (SSSR count). The molecule has 2 saturated heterocycles. The number of morpholine rings is 2. The molecule has 29 heavy (non-hydrogen) atoms. The van der Waals surface area contributed by atoms with Crippen molar-refractivity contribution >= 4 is 27.9 Å². The lowest BCUT2D eigenvalue weighted by atomic mass is 10.0. The minimum Gasteiger partial charge on any atom is -0.465 e. The molecular weight excluding hydrogens is 444 g/mol. The minimum absolute atomic E-state index is 0.0645. The Hall–Kier alpha value is -0.740. The predicted octanol–water partition coefficient (Wildman–Crippen LogP) is 1.99. The highest BCUT2D eigenvalue weighted by molar-refractivity contribution is 9.09. The fourth-order valence-electron chi connectivity index (χ4n) is 2.59. The lowest BCUT2D eigenvalue weighted by molar-refractivity contribution is -0.149.